The molecule has 1 aliphatic rings. The van der Waals surface area contributed by atoms with Gasteiger partial charge in [0.05, 0.1) is 18.8 Å². The average Bonchev–Trinajstić information content (AvgIpc) is 2.68. The van der Waals surface area contributed by atoms with E-state index in [1.165, 1.54) is 6.33 Å². The molecule has 1 aliphatic heterocycles. The number of rotatable bonds is 6. The van der Waals surface area contributed by atoms with Gasteiger partial charge in [-0.3, -0.25) is 0 Å². The lowest BCUT2D eigenvalue weighted by atomic mass is 9.98. The van der Waals surface area contributed by atoms with Crippen molar-refractivity contribution in [2.75, 3.05) is 18.5 Å². The van der Waals surface area contributed by atoms with Gasteiger partial charge in [-0.2, -0.15) is 0 Å². The lowest BCUT2D eigenvalue weighted by Gasteiger charge is -2.31. The Morgan fingerprint density at radius 3 is 2.81 bits per heavy atom. The summed E-state index contributed by atoms with van der Waals surface area (Å²) in [5.41, 5.74) is 2.12. The molecule has 1 saturated heterocycles. The molecule has 144 valence electrons. The second-order valence-corrected chi connectivity index (χ2v) is 6.96. The van der Waals surface area contributed by atoms with E-state index in [1.807, 2.05) is 31.2 Å². The van der Waals surface area contributed by atoms with E-state index in [0.717, 1.165) is 29.8 Å². The highest BCUT2D eigenvalue weighted by molar-refractivity contribution is 6.30. The van der Waals surface area contributed by atoms with E-state index >= 15 is 0 Å². The summed E-state index contributed by atoms with van der Waals surface area (Å²) in [7, 11) is 0. The largest absolute Gasteiger partial charge is 0.461 e. The van der Waals surface area contributed by atoms with Crippen LogP contribution < -0.4 is 5.32 Å². The van der Waals surface area contributed by atoms with Crippen LogP contribution >= 0.6 is 11.6 Å². The molecular formula is C20H24ClN3O3. The Hall–Kier alpha value is -2.18. The number of nitrogens with zero attached hydrogens (tertiary/aromatic N) is 2. The highest BCUT2D eigenvalue weighted by Gasteiger charge is 2.24. The molecule has 1 fully saturated rings. The van der Waals surface area contributed by atoms with Crippen LogP contribution in [-0.2, 0) is 9.47 Å². The lowest BCUT2D eigenvalue weighted by Crippen LogP contribution is -2.29. The quantitative estimate of drug-likeness (QED) is 0.741. The molecule has 0 unspecified atom stereocenters. The number of carbonyl (C=O) groups is 1. The number of nitrogens with one attached hydrogen (secondary N) is 1. The zero-order chi connectivity index (χ0) is 19.2. The minimum absolute atomic E-state index is 0.0693. The van der Waals surface area contributed by atoms with Crippen molar-refractivity contribution in [3.63, 3.8) is 0 Å². The number of hydrogen-bond acceptors (Lipinski definition) is 6. The fourth-order valence-electron chi connectivity index (χ4n) is 3.22. The van der Waals surface area contributed by atoms with Crippen LogP contribution in [0.1, 0.15) is 53.9 Å². The number of esters is 1. The van der Waals surface area contributed by atoms with Crippen LogP contribution in [0.3, 0.4) is 0 Å². The van der Waals surface area contributed by atoms with Gasteiger partial charge in [-0.15, -0.1) is 0 Å². The SMILES string of the molecule is CCOC(=O)c1ncnc(NC[C@@H]2CCC[C@H](c3ccc(Cl)cc3)O2)c1C. The number of carbonyl (C=O) groups excluding carboxylic acids is 1. The van der Waals surface area contributed by atoms with Gasteiger partial charge in [0, 0.05) is 17.1 Å². The monoisotopic (exact) mass is 389 g/mol. The van der Waals surface area contributed by atoms with Crippen molar-refractivity contribution in [2.24, 2.45) is 0 Å². The van der Waals surface area contributed by atoms with Crippen LogP contribution in [0.4, 0.5) is 5.82 Å². The molecule has 2 aromatic rings. The highest BCUT2D eigenvalue weighted by atomic mass is 35.5. The predicted molar refractivity (Wildman–Crippen MR) is 104 cm³/mol. The Bertz CT molecular complexity index is 783. The molecule has 1 aromatic heterocycles. The summed E-state index contributed by atoms with van der Waals surface area (Å²) in [4.78, 5) is 20.3. The highest BCUT2D eigenvalue weighted by Crippen LogP contribution is 2.32. The molecule has 27 heavy (non-hydrogen) atoms. The van der Waals surface area contributed by atoms with Gasteiger partial charge in [0.15, 0.2) is 5.69 Å². The zero-order valence-corrected chi connectivity index (χ0v) is 16.3. The third kappa shape index (κ3) is 4.96. The smallest absolute Gasteiger partial charge is 0.357 e. The Kier molecular flexibility index (Phi) is 6.63. The summed E-state index contributed by atoms with van der Waals surface area (Å²) in [5, 5.41) is 4.02. The van der Waals surface area contributed by atoms with Crippen LogP contribution in [0.15, 0.2) is 30.6 Å². The molecule has 7 heteroatoms. The van der Waals surface area contributed by atoms with Crippen LogP contribution in [0, 0.1) is 6.92 Å². The summed E-state index contributed by atoms with van der Waals surface area (Å²) < 4.78 is 11.3. The van der Waals surface area contributed by atoms with E-state index in [-0.39, 0.29) is 17.9 Å². The number of ether oxygens (including phenoxy) is 2. The first-order chi connectivity index (χ1) is 13.1. The second kappa shape index (κ2) is 9.15. The molecule has 0 bridgehead atoms. The van der Waals surface area contributed by atoms with Crippen molar-refractivity contribution in [1.82, 2.24) is 9.97 Å². The molecule has 0 spiro atoms. The van der Waals surface area contributed by atoms with Gasteiger partial charge in [-0.25, -0.2) is 14.8 Å². The van der Waals surface area contributed by atoms with Gasteiger partial charge in [0.2, 0.25) is 0 Å². The van der Waals surface area contributed by atoms with Gasteiger partial charge in [0.25, 0.3) is 0 Å². The maximum Gasteiger partial charge on any atom is 0.357 e. The normalized spacial score (nSPS) is 19.5. The fraction of sp³-hybridized carbons (Fsp3) is 0.450. The number of hydrogen-bond donors (Lipinski definition) is 1. The van der Waals surface area contributed by atoms with Crippen molar-refractivity contribution >= 4 is 23.4 Å². The van der Waals surface area contributed by atoms with Crippen LogP contribution in [0.25, 0.3) is 0 Å². The van der Waals surface area contributed by atoms with Gasteiger partial charge in [0.1, 0.15) is 12.1 Å². The Labute approximate surface area is 164 Å². The summed E-state index contributed by atoms with van der Waals surface area (Å²) in [6, 6.07) is 7.82. The van der Waals surface area contributed by atoms with E-state index in [0.29, 0.717) is 24.5 Å². The van der Waals surface area contributed by atoms with Crippen molar-refractivity contribution < 1.29 is 14.3 Å². The van der Waals surface area contributed by atoms with Crippen LogP contribution in [0.5, 0.6) is 0 Å². The standard InChI is InChI=1S/C20H24ClN3O3/c1-3-26-20(25)18-13(2)19(24-12-23-18)22-11-16-5-4-6-17(27-16)14-7-9-15(21)10-8-14/h7-10,12,16-17H,3-6,11H2,1-2H3,(H,22,23,24)/t16-,17+/m0/s1. The minimum Gasteiger partial charge on any atom is -0.461 e. The Balaban J connectivity index is 1.62. The molecule has 3 rings (SSSR count). The molecule has 0 amide bonds. The number of anilines is 1. The van der Waals surface area contributed by atoms with Gasteiger partial charge in [-0.05, 0) is 50.8 Å². The van der Waals surface area contributed by atoms with Crippen molar-refractivity contribution in [1.29, 1.82) is 0 Å². The summed E-state index contributed by atoms with van der Waals surface area (Å²) in [5.74, 6) is 0.197. The van der Waals surface area contributed by atoms with Crippen molar-refractivity contribution in [3.05, 3.63) is 52.4 Å². The van der Waals surface area contributed by atoms with Crippen LogP contribution in [0.2, 0.25) is 5.02 Å². The van der Waals surface area contributed by atoms with E-state index in [4.69, 9.17) is 21.1 Å². The van der Waals surface area contributed by atoms with Gasteiger partial charge >= 0.3 is 5.97 Å². The average molecular weight is 390 g/mol. The Morgan fingerprint density at radius 2 is 2.07 bits per heavy atom. The predicted octanol–water partition coefficient (Wildman–Crippen LogP) is 4.34. The maximum absolute atomic E-state index is 12.0. The fourth-order valence-corrected chi connectivity index (χ4v) is 3.34. The molecule has 1 aromatic carbocycles. The third-order valence-electron chi connectivity index (χ3n) is 4.64. The van der Waals surface area contributed by atoms with Crippen LogP contribution in [-0.4, -0.2) is 35.2 Å². The van der Waals surface area contributed by atoms with E-state index in [1.54, 1.807) is 6.92 Å². The first kappa shape index (κ1) is 19.6. The summed E-state index contributed by atoms with van der Waals surface area (Å²) in [6.45, 7) is 4.51. The molecule has 1 N–H and O–H groups in total. The Morgan fingerprint density at radius 1 is 1.30 bits per heavy atom. The molecule has 0 aliphatic carbocycles. The molecule has 0 radical (unpaired) electrons. The van der Waals surface area contributed by atoms with Gasteiger partial charge in [-0.1, -0.05) is 23.7 Å². The first-order valence-corrected chi connectivity index (χ1v) is 9.59. The third-order valence-corrected chi connectivity index (χ3v) is 4.89. The molecule has 2 heterocycles. The van der Waals surface area contributed by atoms with E-state index < -0.39 is 5.97 Å². The van der Waals surface area contributed by atoms with Gasteiger partial charge < -0.3 is 14.8 Å². The van der Waals surface area contributed by atoms with Crippen molar-refractivity contribution in [2.45, 2.75) is 45.3 Å². The molecular weight excluding hydrogens is 366 g/mol. The molecule has 6 nitrogen and oxygen atoms in total. The maximum atomic E-state index is 12.0. The number of aromatic nitrogens is 2. The first-order valence-electron chi connectivity index (χ1n) is 9.22. The summed E-state index contributed by atoms with van der Waals surface area (Å²) >= 11 is 5.97. The summed E-state index contributed by atoms with van der Waals surface area (Å²) in [6.07, 6.45) is 4.59. The zero-order valence-electron chi connectivity index (χ0n) is 15.6. The second-order valence-electron chi connectivity index (χ2n) is 6.53. The number of benzene rings is 1. The van der Waals surface area contributed by atoms with E-state index in [9.17, 15) is 4.79 Å². The lowest BCUT2D eigenvalue weighted by molar-refractivity contribution is -0.0442. The van der Waals surface area contributed by atoms with Crippen molar-refractivity contribution in [3.8, 4) is 0 Å². The minimum atomic E-state index is -0.433. The molecule has 2 atom stereocenters. The molecule has 0 saturated carbocycles. The number of halogens is 1. The van der Waals surface area contributed by atoms with E-state index in [2.05, 4.69) is 15.3 Å². The topological polar surface area (TPSA) is 73.3 Å².